The zero-order chi connectivity index (χ0) is 40.5. The first-order valence-electron chi connectivity index (χ1n) is 20.1. The minimum absolute atomic E-state index is 0.0337. The lowest BCUT2D eigenvalue weighted by Crippen LogP contribution is -2.58. The van der Waals surface area contributed by atoms with Gasteiger partial charge in [0, 0.05) is 37.1 Å². The SMILES string of the molecule is CCCC[C@@H](C(=O)N[C@@H](CC(C)C)[C@@H](O)/C=C(\CC)C(=O)NCCN1CCOCC1)N(C(=O)[C@H](C)NC(=O)OCc1ccccc1)c1cccc2ccccc12. The molecule has 0 spiro atoms. The summed E-state index contributed by atoms with van der Waals surface area (Å²) in [4.78, 5) is 59.1. The lowest BCUT2D eigenvalue weighted by molar-refractivity contribution is -0.128. The van der Waals surface area contributed by atoms with Gasteiger partial charge < -0.3 is 30.5 Å². The average molecular weight is 772 g/mol. The zero-order valence-corrected chi connectivity index (χ0v) is 33.7. The number of carbonyl (C=O) groups is 4. The molecule has 1 aliphatic rings. The van der Waals surface area contributed by atoms with Crippen LogP contribution in [0.3, 0.4) is 0 Å². The third-order valence-electron chi connectivity index (χ3n) is 9.95. The van der Waals surface area contributed by atoms with Crippen molar-refractivity contribution >= 4 is 40.3 Å². The zero-order valence-electron chi connectivity index (χ0n) is 33.7. The number of ether oxygens (including phenoxy) is 2. The van der Waals surface area contributed by atoms with Gasteiger partial charge in [0.05, 0.1) is 31.0 Å². The van der Waals surface area contributed by atoms with Crippen molar-refractivity contribution in [1.29, 1.82) is 0 Å². The van der Waals surface area contributed by atoms with Crippen LogP contribution in [0, 0.1) is 5.92 Å². The number of anilines is 1. The third kappa shape index (κ3) is 13.2. The molecule has 1 heterocycles. The van der Waals surface area contributed by atoms with Crippen LogP contribution < -0.4 is 20.9 Å². The molecule has 56 heavy (non-hydrogen) atoms. The van der Waals surface area contributed by atoms with E-state index in [1.807, 2.05) is 94.4 Å². The van der Waals surface area contributed by atoms with Crippen molar-refractivity contribution in [2.24, 2.45) is 5.92 Å². The van der Waals surface area contributed by atoms with Crippen LogP contribution in [0.25, 0.3) is 10.8 Å². The van der Waals surface area contributed by atoms with Crippen molar-refractivity contribution < 1.29 is 33.8 Å². The van der Waals surface area contributed by atoms with Crippen molar-refractivity contribution in [3.05, 3.63) is 90.0 Å². The minimum atomic E-state index is -1.17. The summed E-state index contributed by atoms with van der Waals surface area (Å²) in [5.74, 6) is -1.10. The number of amides is 4. The predicted molar refractivity (Wildman–Crippen MR) is 220 cm³/mol. The monoisotopic (exact) mass is 771 g/mol. The summed E-state index contributed by atoms with van der Waals surface area (Å²) in [5, 5.41) is 22.0. The summed E-state index contributed by atoms with van der Waals surface area (Å²) in [6, 6.07) is 19.7. The Morgan fingerprint density at radius 2 is 1.62 bits per heavy atom. The molecule has 0 radical (unpaired) electrons. The molecule has 12 nitrogen and oxygen atoms in total. The fourth-order valence-electron chi connectivity index (χ4n) is 6.86. The van der Waals surface area contributed by atoms with E-state index in [-0.39, 0.29) is 18.4 Å². The van der Waals surface area contributed by atoms with Gasteiger partial charge in [0.15, 0.2) is 0 Å². The highest BCUT2D eigenvalue weighted by Gasteiger charge is 2.36. The van der Waals surface area contributed by atoms with Crippen molar-refractivity contribution in [2.75, 3.05) is 44.3 Å². The van der Waals surface area contributed by atoms with Crippen LogP contribution >= 0.6 is 0 Å². The second kappa shape index (κ2) is 22.7. The van der Waals surface area contributed by atoms with E-state index in [0.717, 1.165) is 35.8 Å². The Bertz CT molecular complexity index is 1740. The third-order valence-corrected chi connectivity index (χ3v) is 9.95. The fourth-order valence-corrected chi connectivity index (χ4v) is 6.86. The molecule has 0 saturated carbocycles. The summed E-state index contributed by atoms with van der Waals surface area (Å²) in [6.45, 7) is 13.6. The van der Waals surface area contributed by atoms with Gasteiger partial charge in [0.2, 0.25) is 17.7 Å². The van der Waals surface area contributed by atoms with Gasteiger partial charge in [-0.3, -0.25) is 24.2 Å². The number of carbonyl (C=O) groups excluding carboxylic acids is 4. The molecule has 1 fully saturated rings. The van der Waals surface area contributed by atoms with Gasteiger partial charge in [-0.1, -0.05) is 107 Å². The van der Waals surface area contributed by atoms with E-state index in [1.54, 1.807) is 19.1 Å². The second-order valence-electron chi connectivity index (χ2n) is 14.8. The Kier molecular flexibility index (Phi) is 17.8. The number of nitrogens with one attached hydrogen (secondary N) is 3. The minimum Gasteiger partial charge on any atom is -0.445 e. The molecule has 12 heteroatoms. The summed E-state index contributed by atoms with van der Waals surface area (Å²) < 4.78 is 10.8. The molecule has 4 amide bonds. The summed E-state index contributed by atoms with van der Waals surface area (Å²) in [7, 11) is 0. The van der Waals surface area contributed by atoms with Crippen LogP contribution in [0.1, 0.15) is 72.3 Å². The molecule has 0 bridgehead atoms. The van der Waals surface area contributed by atoms with Gasteiger partial charge in [0.1, 0.15) is 18.7 Å². The summed E-state index contributed by atoms with van der Waals surface area (Å²) >= 11 is 0. The first kappa shape index (κ1) is 43.9. The maximum absolute atomic E-state index is 14.6. The van der Waals surface area contributed by atoms with Crippen LogP contribution in [0.2, 0.25) is 0 Å². The number of aliphatic hydroxyl groups excluding tert-OH is 1. The topological polar surface area (TPSA) is 150 Å². The number of rotatable bonds is 20. The molecular weight excluding hydrogens is 711 g/mol. The second-order valence-corrected chi connectivity index (χ2v) is 14.8. The number of morpholine rings is 1. The smallest absolute Gasteiger partial charge is 0.408 e. The van der Waals surface area contributed by atoms with Gasteiger partial charge in [0.25, 0.3) is 0 Å². The van der Waals surface area contributed by atoms with Gasteiger partial charge in [-0.25, -0.2) is 4.79 Å². The molecule has 4 atom stereocenters. The van der Waals surface area contributed by atoms with E-state index in [4.69, 9.17) is 9.47 Å². The first-order valence-corrected chi connectivity index (χ1v) is 20.1. The van der Waals surface area contributed by atoms with Gasteiger partial charge in [-0.05, 0) is 55.2 Å². The van der Waals surface area contributed by atoms with E-state index >= 15 is 0 Å². The van der Waals surface area contributed by atoms with E-state index in [9.17, 15) is 24.3 Å². The largest absolute Gasteiger partial charge is 0.445 e. The highest BCUT2D eigenvalue weighted by molar-refractivity contribution is 6.09. The highest BCUT2D eigenvalue weighted by atomic mass is 16.5. The average Bonchev–Trinajstić information content (AvgIpc) is 3.20. The molecule has 1 aliphatic heterocycles. The van der Waals surface area contributed by atoms with Crippen LogP contribution in [-0.2, 0) is 30.5 Å². The number of benzene rings is 3. The molecule has 4 rings (SSSR count). The number of unbranched alkanes of at least 4 members (excludes halogenated alkanes) is 1. The Labute approximate surface area is 332 Å². The van der Waals surface area contributed by atoms with Crippen LogP contribution in [0.5, 0.6) is 0 Å². The summed E-state index contributed by atoms with van der Waals surface area (Å²) in [5.41, 5.74) is 1.76. The molecular formula is C44H61N5O7. The molecule has 1 saturated heterocycles. The Hall–Kier alpha value is -4.78. The lowest BCUT2D eigenvalue weighted by atomic mass is 9.95. The number of nitrogens with zero attached hydrogens (tertiary/aromatic N) is 2. The predicted octanol–water partition coefficient (Wildman–Crippen LogP) is 5.72. The van der Waals surface area contributed by atoms with Crippen molar-refractivity contribution in [1.82, 2.24) is 20.9 Å². The van der Waals surface area contributed by atoms with Crippen molar-refractivity contribution in [2.45, 2.75) is 97.6 Å². The molecule has 0 aliphatic carbocycles. The van der Waals surface area contributed by atoms with Crippen molar-refractivity contribution in [3.8, 4) is 0 Å². The van der Waals surface area contributed by atoms with E-state index in [0.29, 0.717) is 63.2 Å². The number of alkyl carbamates (subject to hydrolysis) is 1. The van der Waals surface area contributed by atoms with E-state index in [2.05, 4.69) is 20.9 Å². The number of hydrogen-bond donors (Lipinski definition) is 4. The van der Waals surface area contributed by atoms with Gasteiger partial charge in [-0.2, -0.15) is 0 Å². The number of hydrogen-bond acceptors (Lipinski definition) is 8. The first-order chi connectivity index (χ1) is 27.0. The number of fused-ring (bicyclic) bond motifs is 1. The standard InChI is InChI=1S/C44H61N5O7/c1-6-8-20-39(42(52)47-37(28-31(3)4)40(50)29-34(7-2)41(51)45-22-23-48-24-26-55-27-25-48)49(38-21-14-18-35-17-12-13-19-36(35)38)43(53)32(5)46-44(54)56-30-33-15-10-9-11-16-33/h9-19,21,29,31-32,37,39-40,50H,6-8,20,22-28,30H2,1-5H3,(H,45,51)(H,46,54)(H,47,52)/b34-29+/t32-,37-,39-,40-/m0/s1. The quantitative estimate of drug-likeness (QED) is 0.107. The molecule has 0 unspecified atom stereocenters. The van der Waals surface area contributed by atoms with Crippen molar-refractivity contribution in [3.63, 3.8) is 0 Å². The lowest BCUT2D eigenvalue weighted by Gasteiger charge is -2.35. The molecule has 4 N–H and O–H groups in total. The maximum Gasteiger partial charge on any atom is 0.408 e. The van der Waals surface area contributed by atoms with Crippen LogP contribution in [0.4, 0.5) is 10.5 Å². The molecule has 304 valence electrons. The van der Waals surface area contributed by atoms with E-state index in [1.165, 1.54) is 4.90 Å². The molecule has 0 aromatic heterocycles. The van der Waals surface area contributed by atoms with Gasteiger partial charge >= 0.3 is 6.09 Å². The maximum atomic E-state index is 14.6. The van der Waals surface area contributed by atoms with Crippen LogP contribution in [0.15, 0.2) is 84.4 Å². The Morgan fingerprint density at radius 3 is 2.32 bits per heavy atom. The molecule has 3 aromatic carbocycles. The Balaban J connectivity index is 1.60. The summed E-state index contributed by atoms with van der Waals surface area (Å²) in [6.07, 6.45) is 2.16. The van der Waals surface area contributed by atoms with Crippen LogP contribution in [-0.4, -0.2) is 97.4 Å². The highest BCUT2D eigenvalue weighted by Crippen LogP contribution is 2.31. The molecule has 3 aromatic rings. The normalized spacial score (nSPS) is 15.7. The fraction of sp³-hybridized carbons (Fsp3) is 0.500. The number of aliphatic hydroxyl groups is 1. The van der Waals surface area contributed by atoms with E-state index < -0.39 is 42.1 Å². The Morgan fingerprint density at radius 1 is 0.929 bits per heavy atom. The van der Waals surface area contributed by atoms with Gasteiger partial charge in [-0.15, -0.1) is 0 Å².